The molecule has 1 saturated carbocycles. The van der Waals surface area contributed by atoms with Gasteiger partial charge in [-0.15, -0.1) is 0 Å². The minimum absolute atomic E-state index is 0.186. The molecule has 0 heterocycles. The summed E-state index contributed by atoms with van der Waals surface area (Å²) < 4.78 is 13.5. The molecule has 1 aliphatic carbocycles. The molecular weight excluding hydrogens is 261 g/mol. The van der Waals surface area contributed by atoms with Crippen molar-refractivity contribution in [2.24, 2.45) is 5.92 Å². The highest BCUT2D eigenvalue weighted by Gasteiger charge is 2.22. The van der Waals surface area contributed by atoms with Crippen molar-refractivity contribution in [3.8, 4) is 0 Å². The van der Waals surface area contributed by atoms with Gasteiger partial charge in [-0.3, -0.25) is 0 Å². The van der Waals surface area contributed by atoms with Crippen LogP contribution in [0.3, 0.4) is 0 Å². The van der Waals surface area contributed by atoms with E-state index in [2.05, 4.69) is 12.2 Å². The molecule has 1 fully saturated rings. The molecule has 2 rings (SSSR count). The van der Waals surface area contributed by atoms with Gasteiger partial charge in [0.1, 0.15) is 5.82 Å². The van der Waals surface area contributed by atoms with Crippen molar-refractivity contribution in [1.82, 2.24) is 5.32 Å². The Balaban J connectivity index is 2.12. The first-order chi connectivity index (χ1) is 9.20. The zero-order valence-electron chi connectivity index (χ0n) is 11.6. The summed E-state index contributed by atoms with van der Waals surface area (Å²) in [5.41, 5.74) is 0.919. The van der Waals surface area contributed by atoms with Gasteiger partial charge in [0.25, 0.3) is 0 Å². The molecule has 0 saturated heterocycles. The zero-order chi connectivity index (χ0) is 13.7. The number of hydrogen-bond donors (Lipinski definition) is 1. The Kier molecular flexibility index (Phi) is 5.65. The largest absolute Gasteiger partial charge is 0.310 e. The predicted octanol–water partition coefficient (Wildman–Crippen LogP) is 5.10. The van der Waals surface area contributed by atoms with Crippen LogP contribution < -0.4 is 5.32 Å². The minimum atomic E-state index is -0.200. The molecule has 1 aromatic rings. The third-order valence-electron chi connectivity index (χ3n) is 4.02. The summed E-state index contributed by atoms with van der Waals surface area (Å²) >= 11 is 6.25. The van der Waals surface area contributed by atoms with Crippen LogP contribution in [0.25, 0.3) is 0 Å². The third kappa shape index (κ3) is 4.19. The molecule has 106 valence electrons. The summed E-state index contributed by atoms with van der Waals surface area (Å²) in [6.07, 6.45) is 7.43. The Bertz CT molecular complexity index is 402. The van der Waals surface area contributed by atoms with Crippen LogP contribution in [0, 0.1) is 11.7 Å². The summed E-state index contributed by atoms with van der Waals surface area (Å²) in [5.74, 6) is 0.558. The number of rotatable bonds is 6. The summed E-state index contributed by atoms with van der Waals surface area (Å²) in [5, 5.41) is 4.20. The van der Waals surface area contributed by atoms with E-state index in [0.29, 0.717) is 5.02 Å². The molecule has 0 radical (unpaired) electrons. The summed E-state index contributed by atoms with van der Waals surface area (Å²) in [4.78, 5) is 0. The maximum atomic E-state index is 13.5. The molecule has 0 aliphatic heterocycles. The Morgan fingerprint density at radius 1 is 1.37 bits per heavy atom. The molecule has 19 heavy (non-hydrogen) atoms. The number of benzene rings is 1. The van der Waals surface area contributed by atoms with Crippen LogP contribution in [-0.2, 0) is 0 Å². The van der Waals surface area contributed by atoms with Crippen molar-refractivity contribution in [2.75, 3.05) is 6.54 Å². The summed E-state index contributed by atoms with van der Waals surface area (Å²) in [6.45, 7) is 3.09. The average Bonchev–Trinajstić information content (AvgIpc) is 2.90. The van der Waals surface area contributed by atoms with Crippen LogP contribution in [0.5, 0.6) is 0 Å². The van der Waals surface area contributed by atoms with Crippen molar-refractivity contribution in [2.45, 2.75) is 51.5 Å². The fraction of sp³-hybridized carbons (Fsp3) is 0.625. The standard InChI is InChI=1S/C16H23ClFN/c1-2-9-19-16(10-12-5-3-4-6-12)14-11-13(18)7-8-15(14)17/h7-8,11-12,16,19H,2-6,9-10H2,1H3. The van der Waals surface area contributed by atoms with Crippen molar-refractivity contribution < 1.29 is 4.39 Å². The summed E-state index contributed by atoms with van der Waals surface area (Å²) in [7, 11) is 0. The van der Waals surface area contributed by atoms with Crippen LogP contribution in [0.2, 0.25) is 5.02 Å². The lowest BCUT2D eigenvalue weighted by Gasteiger charge is -2.23. The Morgan fingerprint density at radius 2 is 2.11 bits per heavy atom. The van der Waals surface area contributed by atoms with Crippen LogP contribution in [-0.4, -0.2) is 6.54 Å². The van der Waals surface area contributed by atoms with Crippen molar-refractivity contribution in [3.05, 3.63) is 34.6 Å². The molecule has 1 unspecified atom stereocenters. The van der Waals surface area contributed by atoms with Gasteiger partial charge in [-0.25, -0.2) is 4.39 Å². The van der Waals surface area contributed by atoms with Gasteiger partial charge in [-0.1, -0.05) is 44.2 Å². The molecule has 3 heteroatoms. The van der Waals surface area contributed by atoms with E-state index < -0.39 is 0 Å². The van der Waals surface area contributed by atoms with E-state index in [1.165, 1.54) is 31.7 Å². The normalized spacial score (nSPS) is 17.8. The predicted molar refractivity (Wildman–Crippen MR) is 79.0 cm³/mol. The molecule has 1 aromatic carbocycles. The SMILES string of the molecule is CCCNC(CC1CCCC1)c1cc(F)ccc1Cl. The second-order valence-electron chi connectivity index (χ2n) is 5.56. The number of halogens is 2. The first-order valence-corrected chi connectivity index (χ1v) is 7.76. The summed E-state index contributed by atoms with van der Waals surface area (Å²) in [6, 6.07) is 4.87. The highest BCUT2D eigenvalue weighted by atomic mass is 35.5. The van der Waals surface area contributed by atoms with E-state index in [-0.39, 0.29) is 11.9 Å². The van der Waals surface area contributed by atoms with Crippen LogP contribution in [0.1, 0.15) is 57.1 Å². The van der Waals surface area contributed by atoms with Gasteiger partial charge in [0.05, 0.1) is 0 Å². The van der Waals surface area contributed by atoms with Gasteiger partial charge in [-0.2, -0.15) is 0 Å². The molecule has 0 amide bonds. The zero-order valence-corrected chi connectivity index (χ0v) is 12.3. The van der Waals surface area contributed by atoms with Crippen molar-refractivity contribution in [1.29, 1.82) is 0 Å². The van der Waals surface area contributed by atoms with Gasteiger partial charge in [-0.05, 0) is 49.1 Å². The first-order valence-electron chi connectivity index (χ1n) is 7.39. The Labute approximate surface area is 120 Å². The highest BCUT2D eigenvalue weighted by molar-refractivity contribution is 6.31. The molecule has 0 spiro atoms. The van der Waals surface area contributed by atoms with E-state index in [1.807, 2.05) is 0 Å². The van der Waals surface area contributed by atoms with Crippen LogP contribution in [0.4, 0.5) is 4.39 Å². The quantitative estimate of drug-likeness (QED) is 0.766. The van der Waals surface area contributed by atoms with Crippen LogP contribution >= 0.6 is 11.6 Å². The van der Waals surface area contributed by atoms with E-state index in [4.69, 9.17) is 11.6 Å². The second kappa shape index (κ2) is 7.25. The molecule has 1 nitrogen and oxygen atoms in total. The lowest BCUT2D eigenvalue weighted by atomic mass is 9.93. The molecular formula is C16H23ClFN. The van der Waals surface area contributed by atoms with E-state index in [0.717, 1.165) is 30.9 Å². The minimum Gasteiger partial charge on any atom is -0.310 e. The lowest BCUT2D eigenvalue weighted by molar-refractivity contribution is 0.394. The second-order valence-corrected chi connectivity index (χ2v) is 5.97. The van der Waals surface area contributed by atoms with Crippen molar-refractivity contribution >= 4 is 11.6 Å². The first kappa shape index (κ1) is 14.8. The van der Waals surface area contributed by atoms with E-state index in [9.17, 15) is 4.39 Å². The molecule has 1 N–H and O–H groups in total. The molecule has 1 atom stereocenters. The van der Waals surface area contributed by atoms with Gasteiger partial charge in [0.2, 0.25) is 0 Å². The van der Waals surface area contributed by atoms with Gasteiger partial charge in [0.15, 0.2) is 0 Å². The van der Waals surface area contributed by atoms with Gasteiger partial charge in [0, 0.05) is 11.1 Å². The van der Waals surface area contributed by atoms with E-state index >= 15 is 0 Å². The number of nitrogens with one attached hydrogen (secondary N) is 1. The highest BCUT2D eigenvalue weighted by Crippen LogP contribution is 2.35. The topological polar surface area (TPSA) is 12.0 Å². The fourth-order valence-corrected chi connectivity index (χ4v) is 3.25. The third-order valence-corrected chi connectivity index (χ3v) is 4.36. The van der Waals surface area contributed by atoms with E-state index in [1.54, 1.807) is 12.1 Å². The number of hydrogen-bond acceptors (Lipinski definition) is 1. The fourth-order valence-electron chi connectivity index (χ4n) is 3.00. The lowest BCUT2D eigenvalue weighted by Crippen LogP contribution is -2.24. The van der Waals surface area contributed by atoms with Crippen LogP contribution in [0.15, 0.2) is 18.2 Å². The Morgan fingerprint density at radius 3 is 2.79 bits per heavy atom. The Hall–Kier alpha value is -0.600. The molecule has 0 bridgehead atoms. The molecule has 1 aliphatic rings. The van der Waals surface area contributed by atoms with Gasteiger partial charge >= 0.3 is 0 Å². The average molecular weight is 284 g/mol. The van der Waals surface area contributed by atoms with Crippen molar-refractivity contribution in [3.63, 3.8) is 0 Å². The maximum absolute atomic E-state index is 13.5. The smallest absolute Gasteiger partial charge is 0.123 e. The molecule has 0 aromatic heterocycles. The maximum Gasteiger partial charge on any atom is 0.123 e. The van der Waals surface area contributed by atoms with Gasteiger partial charge < -0.3 is 5.32 Å². The monoisotopic (exact) mass is 283 g/mol.